The van der Waals surface area contributed by atoms with Crippen LogP contribution in [0.4, 0.5) is 4.39 Å². The Kier molecular flexibility index (Phi) is 3.73. The number of aryl methyl sites for hydroxylation is 2. The monoisotopic (exact) mass is 266 g/mol. The zero-order valence-electron chi connectivity index (χ0n) is 10.5. The van der Waals surface area contributed by atoms with Crippen LogP contribution in [-0.4, -0.2) is 14.9 Å². The summed E-state index contributed by atoms with van der Waals surface area (Å²) >= 11 is 1.48. The molecule has 1 N–H and O–H groups in total. The van der Waals surface area contributed by atoms with Crippen LogP contribution in [0.5, 0.6) is 0 Å². The molecule has 0 aliphatic carbocycles. The molecule has 0 radical (unpaired) electrons. The van der Waals surface area contributed by atoms with Gasteiger partial charge in [0.05, 0.1) is 17.2 Å². The summed E-state index contributed by atoms with van der Waals surface area (Å²) in [6.07, 6.45) is 2.93. The summed E-state index contributed by atoms with van der Waals surface area (Å²) in [4.78, 5) is 1.82. The van der Waals surface area contributed by atoms with Gasteiger partial charge in [-0.1, -0.05) is 11.8 Å². The highest BCUT2D eigenvalue weighted by Gasteiger charge is 2.13. The lowest BCUT2D eigenvalue weighted by atomic mass is 10.1. The van der Waals surface area contributed by atoms with Crippen molar-refractivity contribution in [1.82, 2.24) is 9.78 Å². The molecule has 96 valence electrons. The summed E-state index contributed by atoms with van der Waals surface area (Å²) in [5.74, 6) is -0.290. The Hall–Kier alpha value is -1.33. The SMILES string of the molecule is Cc1cc(Sc2cnn(C)c2)c([C@@H](C)O)cc1F. The Morgan fingerprint density at radius 1 is 1.44 bits per heavy atom. The smallest absolute Gasteiger partial charge is 0.126 e. The van der Waals surface area contributed by atoms with Gasteiger partial charge in [0.15, 0.2) is 0 Å². The normalized spacial score (nSPS) is 12.7. The fourth-order valence-corrected chi connectivity index (χ4v) is 2.81. The van der Waals surface area contributed by atoms with Crippen LogP contribution < -0.4 is 0 Å². The number of nitrogens with zero attached hydrogens (tertiary/aromatic N) is 2. The van der Waals surface area contributed by atoms with E-state index in [1.807, 2.05) is 13.2 Å². The summed E-state index contributed by atoms with van der Waals surface area (Å²) in [7, 11) is 1.84. The zero-order chi connectivity index (χ0) is 13.3. The van der Waals surface area contributed by atoms with E-state index in [-0.39, 0.29) is 5.82 Å². The van der Waals surface area contributed by atoms with Gasteiger partial charge in [-0.05, 0) is 37.1 Å². The predicted octanol–water partition coefficient (Wildman–Crippen LogP) is 3.07. The third-order valence-corrected chi connectivity index (χ3v) is 3.67. The molecule has 2 aromatic rings. The topological polar surface area (TPSA) is 38.0 Å². The zero-order valence-corrected chi connectivity index (χ0v) is 11.3. The van der Waals surface area contributed by atoms with Crippen molar-refractivity contribution in [2.45, 2.75) is 29.7 Å². The maximum absolute atomic E-state index is 13.5. The van der Waals surface area contributed by atoms with Crippen LogP contribution in [0.15, 0.2) is 34.3 Å². The van der Waals surface area contributed by atoms with Gasteiger partial charge in [0, 0.05) is 18.1 Å². The van der Waals surface area contributed by atoms with E-state index in [2.05, 4.69) is 5.10 Å². The molecule has 0 bridgehead atoms. The third kappa shape index (κ3) is 2.73. The number of aromatic nitrogens is 2. The van der Waals surface area contributed by atoms with E-state index >= 15 is 0 Å². The van der Waals surface area contributed by atoms with E-state index in [9.17, 15) is 9.50 Å². The van der Waals surface area contributed by atoms with Gasteiger partial charge in [0.1, 0.15) is 5.82 Å². The van der Waals surface area contributed by atoms with Crippen molar-refractivity contribution in [3.8, 4) is 0 Å². The van der Waals surface area contributed by atoms with Gasteiger partial charge in [-0.3, -0.25) is 4.68 Å². The van der Waals surface area contributed by atoms with Gasteiger partial charge in [0.2, 0.25) is 0 Å². The van der Waals surface area contributed by atoms with E-state index < -0.39 is 6.10 Å². The average molecular weight is 266 g/mol. The van der Waals surface area contributed by atoms with Gasteiger partial charge in [-0.25, -0.2) is 4.39 Å². The molecule has 3 nitrogen and oxygen atoms in total. The minimum atomic E-state index is -0.695. The highest BCUT2D eigenvalue weighted by atomic mass is 32.2. The number of aliphatic hydroxyl groups excluding tert-OH is 1. The van der Waals surface area contributed by atoms with E-state index in [0.717, 1.165) is 9.79 Å². The molecule has 1 aromatic carbocycles. The molecule has 1 aromatic heterocycles. The van der Waals surface area contributed by atoms with Crippen molar-refractivity contribution in [1.29, 1.82) is 0 Å². The lowest BCUT2D eigenvalue weighted by molar-refractivity contribution is 0.196. The summed E-state index contributed by atoms with van der Waals surface area (Å²) in [6, 6.07) is 3.16. The van der Waals surface area contributed by atoms with Crippen molar-refractivity contribution in [2.75, 3.05) is 0 Å². The van der Waals surface area contributed by atoms with E-state index in [0.29, 0.717) is 11.1 Å². The molecule has 0 amide bonds. The first kappa shape index (κ1) is 13.1. The van der Waals surface area contributed by atoms with Crippen LogP contribution in [0.25, 0.3) is 0 Å². The molecular formula is C13H15FN2OS. The number of rotatable bonds is 3. The third-order valence-electron chi connectivity index (χ3n) is 2.65. The van der Waals surface area contributed by atoms with Gasteiger partial charge in [0.25, 0.3) is 0 Å². The van der Waals surface area contributed by atoms with Crippen molar-refractivity contribution >= 4 is 11.8 Å². The first-order valence-corrected chi connectivity index (χ1v) is 6.43. The molecule has 0 aliphatic heterocycles. The average Bonchev–Trinajstić information content (AvgIpc) is 2.68. The van der Waals surface area contributed by atoms with Crippen LogP contribution in [0, 0.1) is 12.7 Å². The lowest BCUT2D eigenvalue weighted by Crippen LogP contribution is -1.97. The van der Waals surface area contributed by atoms with Crippen LogP contribution in [0.2, 0.25) is 0 Å². The second-order valence-corrected chi connectivity index (χ2v) is 5.38. The molecular weight excluding hydrogens is 251 g/mol. The summed E-state index contributed by atoms with van der Waals surface area (Å²) in [5, 5.41) is 13.8. The van der Waals surface area contributed by atoms with Crippen LogP contribution in [0.1, 0.15) is 24.2 Å². The Balaban J connectivity index is 2.39. The fourth-order valence-electron chi connectivity index (χ4n) is 1.66. The highest BCUT2D eigenvalue weighted by molar-refractivity contribution is 7.99. The van der Waals surface area contributed by atoms with E-state index in [1.54, 1.807) is 30.8 Å². The minimum absolute atomic E-state index is 0.290. The molecule has 18 heavy (non-hydrogen) atoms. The fraction of sp³-hybridized carbons (Fsp3) is 0.308. The molecule has 1 atom stereocenters. The van der Waals surface area contributed by atoms with Crippen molar-refractivity contribution in [2.24, 2.45) is 7.05 Å². The second kappa shape index (κ2) is 5.12. The van der Waals surface area contributed by atoms with Crippen LogP contribution in [-0.2, 0) is 7.05 Å². The lowest BCUT2D eigenvalue weighted by Gasteiger charge is -2.12. The second-order valence-electron chi connectivity index (χ2n) is 4.27. The maximum Gasteiger partial charge on any atom is 0.126 e. The quantitative estimate of drug-likeness (QED) is 0.927. The first-order valence-electron chi connectivity index (χ1n) is 5.62. The minimum Gasteiger partial charge on any atom is -0.389 e. The van der Waals surface area contributed by atoms with E-state index in [4.69, 9.17) is 0 Å². The molecule has 0 fully saturated rings. The molecule has 5 heteroatoms. The molecule has 1 heterocycles. The number of halogens is 1. The standard InChI is InChI=1S/C13H15FN2OS/c1-8-4-13(11(9(2)17)5-12(8)14)18-10-6-15-16(3)7-10/h4-7,9,17H,1-3H3/t9-/m1/s1. The summed E-state index contributed by atoms with van der Waals surface area (Å²) in [5.41, 5.74) is 1.18. The number of hydrogen-bond donors (Lipinski definition) is 1. The Bertz CT molecular complexity index is 566. The number of hydrogen-bond acceptors (Lipinski definition) is 3. The molecule has 0 unspecified atom stereocenters. The largest absolute Gasteiger partial charge is 0.389 e. The van der Waals surface area contributed by atoms with Crippen LogP contribution in [0.3, 0.4) is 0 Å². The van der Waals surface area contributed by atoms with Crippen molar-refractivity contribution < 1.29 is 9.50 Å². The number of benzene rings is 1. The molecule has 0 saturated heterocycles. The van der Waals surface area contributed by atoms with Crippen molar-refractivity contribution in [3.63, 3.8) is 0 Å². The first-order chi connectivity index (χ1) is 8.47. The molecule has 0 aliphatic rings. The highest BCUT2D eigenvalue weighted by Crippen LogP contribution is 2.34. The van der Waals surface area contributed by atoms with E-state index in [1.165, 1.54) is 17.8 Å². The maximum atomic E-state index is 13.5. The summed E-state index contributed by atoms with van der Waals surface area (Å²) in [6.45, 7) is 3.35. The Labute approximate surface area is 110 Å². The molecule has 0 spiro atoms. The van der Waals surface area contributed by atoms with Crippen molar-refractivity contribution in [3.05, 3.63) is 41.5 Å². The predicted molar refractivity (Wildman–Crippen MR) is 69.1 cm³/mol. The van der Waals surface area contributed by atoms with Gasteiger partial charge >= 0.3 is 0 Å². The van der Waals surface area contributed by atoms with Gasteiger partial charge in [-0.15, -0.1) is 0 Å². The Morgan fingerprint density at radius 2 is 2.17 bits per heavy atom. The molecule has 0 saturated carbocycles. The summed E-state index contributed by atoms with van der Waals surface area (Å²) < 4.78 is 15.2. The van der Waals surface area contributed by atoms with Gasteiger partial charge < -0.3 is 5.11 Å². The van der Waals surface area contributed by atoms with Crippen LogP contribution >= 0.6 is 11.8 Å². The molecule has 2 rings (SSSR count). The van der Waals surface area contributed by atoms with Gasteiger partial charge in [-0.2, -0.15) is 5.10 Å². The number of aliphatic hydroxyl groups is 1. The Morgan fingerprint density at radius 3 is 2.72 bits per heavy atom.